The third-order valence-electron chi connectivity index (χ3n) is 2.51. The summed E-state index contributed by atoms with van der Waals surface area (Å²) < 4.78 is 0. The van der Waals surface area contributed by atoms with E-state index in [4.69, 9.17) is 4.84 Å². The number of pyridine rings is 1. The Labute approximate surface area is 109 Å². The molecule has 0 spiro atoms. The maximum absolute atomic E-state index is 11.8. The van der Waals surface area contributed by atoms with Crippen molar-refractivity contribution in [2.75, 3.05) is 19.9 Å². The van der Waals surface area contributed by atoms with E-state index in [-0.39, 0.29) is 11.7 Å². The van der Waals surface area contributed by atoms with Crippen LogP contribution in [0.5, 0.6) is 5.75 Å². The minimum absolute atomic E-state index is 0.0666. The van der Waals surface area contributed by atoms with Crippen molar-refractivity contribution in [2.24, 2.45) is 4.99 Å². The van der Waals surface area contributed by atoms with Crippen LogP contribution in [0.1, 0.15) is 5.69 Å². The van der Waals surface area contributed by atoms with Gasteiger partial charge in [-0.2, -0.15) is 0 Å². The summed E-state index contributed by atoms with van der Waals surface area (Å²) in [5.41, 5.74) is 0.415. The zero-order chi connectivity index (χ0) is 13.1. The monoisotopic (exact) mass is 267 g/mol. The van der Waals surface area contributed by atoms with E-state index in [0.29, 0.717) is 16.5 Å². The summed E-state index contributed by atoms with van der Waals surface area (Å²) in [7, 11) is 2.97. The first kappa shape index (κ1) is 12.8. The van der Waals surface area contributed by atoms with Gasteiger partial charge in [0.15, 0.2) is 0 Å². The second-order valence-electron chi connectivity index (χ2n) is 3.65. The van der Waals surface area contributed by atoms with Gasteiger partial charge in [0.2, 0.25) is 0 Å². The number of amides is 1. The highest BCUT2D eigenvalue weighted by Crippen LogP contribution is 2.27. The smallest absolute Gasteiger partial charge is 0.271 e. The lowest BCUT2D eigenvalue weighted by molar-refractivity contribution is -0.169. The van der Waals surface area contributed by atoms with Crippen LogP contribution in [0.25, 0.3) is 0 Å². The molecule has 0 unspecified atom stereocenters. The standard InChI is InChI=1S/C11H13N3O3S/c1-14(17-2)11(16)7-6-18-10(13-7)9-8(15)4-3-5-12-9/h3-5,7,15H,6H2,1-2H3/t7-/m0/s1. The average molecular weight is 267 g/mol. The summed E-state index contributed by atoms with van der Waals surface area (Å²) in [6, 6.07) is 2.69. The molecule has 1 N–H and O–H groups in total. The molecule has 18 heavy (non-hydrogen) atoms. The van der Waals surface area contributed by atoms with Crippen molar-refractivity contribution < 1.29 is 14.7 Å². The summed E-state index contributed by atoms with van der Waals surface area (Å²) in [6.45, 7) is 0. The predicted octanol–water partition coefficient (Wildman–Crippen LogP) is 0.669. The van der Waals surface area contributed by atoms with Crippen LogP contribution in [0, 0.1) is 0 Å². The molecule has 2 rings (SSSR count). The summed E-state index contributed by atoms with van der Waals surface area (Å²) in [6.07, 6.45) is 1.58. The molecule has 0 fully saturated rings. The number of hydrogen-bond acceptors (Lipinski definition) is 6. The number of hydroxylamine groups is 2. The minimum Gasteiger partial charge on any atom is -0.506 e. The average Bonchev–Trinajstić information content (AvgIpc) is 2.87. The number of nitrogens with zero attached hydrogens (tertiary/aromatic N) is 3. The Balaban J connectivity index is 2.19. The van der Waals surface area contributed by atoms with Crippen LogP contribution in [-0.2, 0) is 9.63 Å². The van der Waals surface area contributed by atoms with Crippen molar-refractivity contribution in [3.05, 3.63) is 24.0 Å². The Morgan fingerprint density at radius 2 is 2.44 bits per heavy atom. The molecule has 1 atom stereocenters. The van der Waals surface area contributed by atoms with Crippen molar-refractivity contribution in [2.45, 2.75) is 6.04 Å². The van der Waals surface area contributed by atoms with Crippen molar-refractivity contribution in [3.8, 4) is 5.75 Å². The summed E-state index contributed by atoms with van der Waals surface area (Å²) in [4.78, 5) is 25.0. The molecule has 1 aromatic heterocycles. The Bertz CT molecular complexity index is 492. The maximum Gasteiger partial charge on any atom is 0.271 e. The van der Waals surface area contributed by atoms with Crippen LogP contribution in [0.3, 0.4) is 0 Å². The fourth-order valence-corrected chi connectivity index (χ4v) is 2.52. The quantitative estimate of drug-likeness (QED) is 0.815. The molecule has 1 aliphatic heterocycles. The molecule has 0 bridgehead atoms. The molecule has 1 aromatic rings. The molecule has 1 aliphatic rings. The first-order valence-electron chi connectivity index (χ1n) is 5.30. The fourth-order valence-electron chi connectivity index (χ4n) is 1.49. The lowest BCUT2D eigenvalue weighted by atomic mass is 10.3. The Morgan fingerprint density at radius 1 is 1.67 bits per heavy atom. The number of thioether (sulfide) groups is 1. The van der Waals surface area contributed by atoms with Crippen LogP contribution >= 0.6 is 11.8 Å². The number of hydrogen-bond donors (Lipinski definition) is 1. The first-order chi connectivity index (χ1) is 8.63. The predicted molar refractivity (Wildman–Crippen MR) is 68.5 cm³/mol. The molecule has 1 amide bonds. The van der Waals surface area contributed by atoms with Crippen LogP contribution in [-0.4, -0.2) is 52.1 Å². The molecule has 0 radical (unpaired) electrons. The normalized spacial score (nSPS) is 18.6. The number of aromatic nitrogens is 1. The zero-order valence-corrected chi connectivity index (χ0v) is 10.8. The highest BCUT2D eigenvalue weighted by molar-refractivity contribution is 8.14. The van der Waals surface area contributed by atoms with Crippen LogP contribution < -0.4 is 0 Å². The SMILES string of the molecule is CON(C)C(=O)[C@@H]1CSC(c2ncccc2O)=N1. The highest BCUT2D eigenvalue weighted by Gasteiger charge is 2.29. The molecule has 0 saturated carbocycles. The highest BCUT2D eigenvalue weighted by atomic mass is 32.2. The summed E-state index contributed by atoms with van der Waals surface area (Å²) >= 11 is 1.40. The maximum atomic E-state index is 11.8. The summed E-state index contributed by atoms with van der Waals surface area (Å²) in [5, 5.41) is 11.4. The molecular formula is C11H13N3O3S. The minimum atomic E-state index is -0.489. The first-order valence-corrected chi connectivity index (χ1v) is 6.28. The van der Waals surface area contributed by atoms with E-state index in [1.165, 1.54) is 18.9 Å². The van der Waals surface area contributed by atoms with Crippen LogP contribution in [0.4, 0.5) is 0 Å². The molecule has 2 heterocycles. The Kier molecular flexibility index (Phi) is 3.83. The van der Waals surface area contributed by atoms with Crippen LogP contribution in [0.2, 0.25) is 0 Å². The van der Waals surface area contributed by atoms with E-state index in [0.717, 1.165) is 5.06 Å². The lowest BCUT2D eigenvalue weighted by Gasteiger charge is -2.15. The Morgan fingerprint density at radius 3 is 3.11 bits per heavy atom. The van der Waals surface area contributed by atoms with Gasteiger partial charge in [-0.1, -0.05) is 0 Å². The van der Waals surface area contributed by atoms with Gasteiger partial charge >= 0.3 is 0 Å². The molecule has 6 nitrogen and oxygen atoms in total. The van der Waals surface area contributed by atoms with E-state index in [9.17, 15) is 9.90 Å². The largest absolute Gasteiger partial charge is 0.506 e. The molecule has 0 aromatic carbocycles. The van der Waals surface area contributed by atoms with Crippen LogP contribution in [0.15, 0.2) is 23.3 Å². The van der Waals surface area contributed by atoms with E-state index in [1.807, 2.05) is 0 Å². The van der Waals surface area contributed by atoms with Gasteiger partial charge in [-0.05, 0) is 12.1 Å². The second kappa shape index (κ2) is 5.36. The fraction of sp³-hybridized carbons (Fsp3) is 0.364. The zero-order valence-electron chi connectivity index (χ0n) is 10.0. The third kappa shape index (κ3) is 2.46. The van der Waals surface area contributed by atoms with Gasteiger partial charge in [-0.15, -0.1) is 11.8 Å². The third-order valence-corrected chi connectivity index (χ3v) is 3.56. The van der Waals surface area contributed by atoms with Crippen molar-refractivity contribution in [3.63, 3.8) is 0 Å². The summed E-state index contributed by atoms with van der Waals surface area (Å²) in [5.74, 6) is 0.380. The van der Waals surface area contributed by atoms with Gasteiger partial charge in [0.05, 0.1) is 7.11 Å². The van der Waals surface area contributed by atoms with Gasteiger partial charge in [0.25, 0.3) is 5.91 Å². The van der Waals surface area contributed by atoms with Crippen molar-refractivity contribution in [1.82, 2.24) is 10.0 Å². The number of carbonyl (C=O) groups is 1. The van der Waals surface area contributed by atoms with E-state index < -0.39 is 6.04 Å². The Hall–Kier alpha value is -1.60. The van der Waals surface area contributed by atoms with Gasteiger partial charge < -0.3 is 5.11 Å². The van der Waals surface area contributed by atoms with E-state index in [1.54, 1.807) is 25.4 Å². The number of likely N-dealkylation sites (N-methyl/N-ethyl adjacent to an activating group) is 1. The number of rotatable bonds is 3. The molecular weight excluding hydrogens is 254 g/mol. The van der Waals surface area contributed by atoms with Gasteiger partial charge in [-0.25, -0.2) is 5.06 Å². The van der Waals surface area contributed by atoms with Crippen molar-refractivity contribution >= 4 is 22.7 Å². The van der Waals surface area contributed by atoms with Gasteiger partial charge in [0, 0.05) is 19.0 Å². The number of carbonyl (C=O) groups excluding carboxylic acids is 1. The lowest BCUT2D eigenvalue weighted by Crippen LogP contribution is -2.34. The topological polar surface area (TPSA) is 75.0 Å². The van der Waals surface area contributed by atoms with Gasteiger partial charge in [-0.3, -0.25) is 19.6 Å². The van der Waals surface area contributed by atoms with Gasteiger partial charge in [0.1, 0.15) is 22.5 Å². The molecule has 0 saturated heterocycles. The number of aliphatic imine (C=N–C) groups is 1. The number of aromatic hydroxyl groups is 1. The molecule has 96 valence electrons. The van der Waals surface area contributed by atoms with E-state index >= 15 is 0 Å². The van der Waals surface area contributed by atoms with E-state index in [2.05, 4.69) is 9.98 Å². The second-order valence-corrected chi connectivity index (χ2v) is 4.66. The molecule has 7 heteroatoms. The van der Waals surface area contributed by atoms with Crippen molar-refractivity contribution in [1.29, 1.82) is 0 Å². The molecule has 0 aliphatic carbocycles.